The van der Waals surface area contributed by atoms with Crippen LogP contribution < -0.4 is 11.2 Å². The van der Waals surface area contributed by atoms with Gasteiger partial charge < -0.3 is 4.98 Å². The Kier molecular flexibility index (Phi) is 4.54. The second kappa shape index (κ2) is 7.14. The summed E-state index contributed by atoms with van der Waals surface area (Å²) in [5, 5.41) is 0. The third-order valence-corrected chi connectivity index (χ3v) is 4.86. The monoisotopic (exact) mass is 347 g/mol. The molecule has 1 aliphatic heterocycles. The third kappa shape index (κ3) is 3.39. The molecule has 2 aromatic carbocycles. The largest absolute Gasteiger partial charge is 0.328 e. The van der Waals surface area contributed by atoms with Crippen LogP contribution in [0.2, 0.25) is 0 Å². The Morgan fingerprint density at radius 2 is 1.46 bits per heavy atom. The van der Waals surface area contributed by atoms with E-state index in [1.54, 1.807) is 0 Å². The molecule has 132 valence electrons. The van der Waals surface area contributed by atoms with Crippen LogP contribution in [-0.4, -0.2) is 21.0 Å². The van der Waals surface area contributed by atoms with Crippen LogP contribution in [0.1, 0.15) is 22.4 Å². The van der Waals surface area contributed by atoms with Crippen molar-refractivity contribution in [1.29, 1.82) is 0 Å². The van der Waals surface area contributed by atoms with Crippen molar-refractivity contribution in [3.63, 3.8) is 0 Å². The second-order valence-corrected chi connectivity index (χ2v) is 6.71. The molecule has 0 saturated heterocycles. The van der Waals surface area contributed by atoms with Crippen LogP contribution in [-0.2, 0) is 26.1 Å². The average Bonchev–Trinajstić information content (AvgIpc) is 2.67. The molecule has 1 N–H and O–H groups in total. The quantitative estimate of drug-likeness (QED) is 0.787. The number of benzene rings is 2. The fourth-order valence-electron chi connectivity index (χ4n) is 3.49. The first kappa shape index (κ1) is 16.5. The highest BCUT2D eigenvalue weighted by Crippen LogP contribution is 2.15. The second-order valence-electron chi connectivity index (χ2n) is 6.71. The molecule has 0 atom stereocenters. The van der Waals surface area contributed by atoms with Crippen LogP contribution in [0.15, 0.2) is 70.3 Å². The minimum atomic E-state index is -0.325. The van der Waals surface area contributed by atoms with Gasteiger partial charge in [-0.2, -0.15) is 0 Å². The molecule has 0 radical (unpaired) electrons. The predicted octanol–water partition coefficient (Wildman–Crippen LogP) is 2.14. The van der Waals surface area contributed by atoms with E-state index in [2.05, 4.69) is 22.0 Å². The number of hydrogen-bond acceptors (Lipinski definition) is 3. The minimum absolute atomic E-state index is 0.176. The molecule has 1 aliphatic rings. The number of rotatable bonds is 4. The summed E-state index contributed by atoms with van der Waals surface area (Å²) in [4.78, 5) is 30.5. The lowest BCUT2D eigenvalue weighted by atomic mass is 10.1. The predicted molar refractivity (Wildman–Crippen MR) is 101 cm³/mol. The topological polar surface area (TPSA) is 58.1 Å². The van der Waals surface area contributed by atoms with Gasteiger partial charge in [0, 0.05) is 31.7 Å². The number of nitrogens with one attached hydrogen (secondary N) is 1. The van der Waals surface area contributed by atoms with Crippen LogP contribution in [0.5, 0.6) is 0 Å². The highest BCUT2D eigenvalue weighted by Gasteiger charge is 2.22. The fraction of sp³-hybridized carbons (Fsp3) is 0.238. The SMILES string of the molecule is O=c1[nH]c2c(c(=O)n1Cc1ccccc1)CN(Cc1ccccc1)CC2. The Labute approximate surface area is 151 Å². The van der Waals surface area contributed by atoms with Crippen molar-refractivity contribution < 1.29 is 0 Å². The third-order valence-electron chi connectivity index (χ3n) is 4.86. The zero-order valence-corrected chi connectivity index (χ0v) is 14.5. The van der Waals surface area contributed by atoms with Gasteiger partial charge in [-0.15, -0.1) is 0 Å². The zero-order chi connectivity index (χ0) is 17.9. The normalized spacial score (nSPS) is 14.2. The number of H-pyrrole nitrogens is 1. The highest BCUT2D eigenvalue weighted by molar-refractivity contribution is 5.22. The molecule has 0 unspecified atom stereocenters. The molecule has 4 rings (SSSR count). The summed E-state index contributed by atoms with van der Waals surface area (Å²) in [7, 11) is 0. The average molecular weight is 347 g/mol. The molecule has 0 aliphatic carbocycles. The molecule has 5 heteroatoms. The Hall–Kier alpha value is -2.92. The van der Waals surface area contributed by atoms with Crippen molar-refractivity contribution in [1.82, 2.24) is 14.5 Å². The van der Waals surface area contributed by atoms with Crippen LogP contribution in [0.3, 0.4) is 0 Å². The number of aromatic nitrogens is 2. The summed E-state index contributed by atoms with van der Waals surface area (Å²) in [5.74, 6) is 0. The molecule has 0 amide bonds. The van der Waals surface area contributed by atoms with Crippen molar-refractivity contribution in [3.05, 3.63) is 104 Å². The number of hydrogen-bond donors (Lipinski definition) is 1. The Bertz CT molecular complexity index is 1010. The summed E-state index contributed by atoms with van der Waals surface area (Å²) in [6, 6.07) is 19.8. The van der Waals surface area contributed by atoms with E-state index in [-0.39, 0.29) is 11.2 Å². The Morgan fingerprint density at radius 1 is 0.846 bits per heavy atom. The number of nitrogens with zero attached hydrogens (tertiary/aromatic N) is 2. The van der Waals surface area contributed by atoms with E-state index >= 15 is 0 Å². The van der Waals surface area contributed by atoms with Crippen molar-refractivity contribution in [2.75, 3.05) is 6.54 Å². The van der Waals surface area contributed by atoms with E-state index in [9.17, 15) is 9.59 Å². The smallest absolute Gasteiger partial charge is 0.311 e. The van der Waals surface area contributed by atoms with Crippen LogP contribution in [0.25, 0.3) is 0 Å². The van der Waals surface area contributed by atoms with Crippen molar-refractivity contribution in [2.45, 2.75) is 26.1 Å². The van der Waals surface area contributed by atoms with Crippen molar-refractivity contribution in [2.24, 2.45) is 0 Å². The van der Waals surface area contributed by atoms with E-state index in [1.165, 1.54) is 10.1 Å². The summed E-state index contributed by atoms with van der Waals surface area (Å²) >= 11 is 0. The molecule has 2 heterocycles. The lowest BCUT2D eigenvalue weighted by molar-refractivity contribution is 0.240. The maximum atomic E-state index is 13.0. The molecular formula is C21H21N3O2. The molecular weight excluding hydrogens is 326 g/mol. The summed E-state index contributed by atoms with van der Waals surface area (Å²) in [6.07, 6.45) is 0.693. The van der Waals surface area contributed by atoms with Gasteiger partial charge in [-0.25, -0.2) is 4.79 Å². The van der Waals surface area contributed by atoms with Gasteiger partial charge in [0.25, 0.3) is 5.56 Å². The van der Waals surface area contributed by atoms with Crippen LogP contribution in [0.4, 0.5) is 0 Å². The lowest BCUT2D eigenvalue weighted by Crippen LogP contribution is -2.43. The lowest BCUT2D eigenvalue weighted by Gasteiger charge is -2.28. The van der Waals surface area contributed by atoms with Crippen molar-refractivity contribution in [3.8, 4) is 0 Å². The molecule has 26 heavy (non-hydrogen) atoms. The molecule has 0 spiro atoms. The minimum Gasteiger partial charge on any atom is -0.311 e. The molecule has 0 fully saturated rings. The van der Waals surface area contributed by atoms with E-state index < -0.39 is 0 Å². The van der Waals surface area contributed by atoms with Gasteiger partial charge in [0.05, 0.1) is 12.1 Å². The van der Waals surface area contributed by atoms with Crippen LogP contribution >= 0.6 is 0 Å². The van der Waals surface area contributed by atoms with Gasteiger partial charge in [-0.05, 0) is 11.1 Å². The van der Waals surface area contributed by atoms with E-state index in [4.69, 9.17) is 0 Å². The van der Waals surface area contributed by atoms with Gasteiger partial charge in [-0.3, -0.25) is 14.3 Å². The van der Waals surface area contributed by atoms with Gasteiger partial charge >= 0.3 is 5.69 Å². The van der Waals surface area contributed by atoms with Crippen molar-refractivity contribution >= 4 is 0 Å². The first-order valence-electron chi connectivity index (χ1n) is 8.86. The maximum Gasteiger partial charge on any atom is 0.328 e. The van der Waals surface area contributed by atoms with E-state index in [0.717, 1.165) is 24.3 Å². The van der Waals surface area contributed by atoms with Gasteiger partial charge in [0.15, 0.2) is 0 Å². The molecule has 5 nitrogen and oxygen atoms in total. The summed E-state index contributed by atoms with van der Waals surface area (Å²) < 4.78 is 1.31. The zero-order valence-electron chi connectivity index (χ0n) is 14.5. The van der Waals surface area contributed by atoms with Gasteiger partial charge in [0.1, 0.15) is 0 Å². The van der Waals surface area contributed by atoms with E-state index in [1.807, 2.05) is 48.5 Å². The molecule has 3 aromatic rings. The number of fused-ring (bicyclic) bond motifs is 1. The highest BCUT2D eigenvalue weighted by atomic mass is 16.2. The van der Waals surface area contributed by atoms with E-state index in [0.29, 0.717) is 25.1 Å². The summed E-state index contributed by atoms with van der Waals surface area (Å²) in [5.41, 5.74) is 3.16. The first-order valence-corrected chi connectivity index (χ1v) is 8.86. The molecule has 1 aromatic heterocycles. The fourth-order valence-corrected chi connectivity index (χ4v) is 3.49. The standard InChI is InChI=1S/C21H21N3O2/c25-20-18-15-23(13-16-7-3-1-4-8-16)12-11-19(18)22-21(26)24(20)14-17-9-5-2-6-10-17/h1-10H,11-15H2,(H,22,26). The first-order chi connectivity index (χ1) is 12.7. The maximum absolute atomic E-state index is 13.0. The Balaban J connectivity index is 1.62. The molecule has 0 bridgehead atoms. The Morgan fingerprint density at radius 3 is 2.12 bits per heavy atom. The molecule has 0 saturated carbocycles. The number of aromatic amines is 1. The van der Waals surface area contributed by atoms with Crippen LogP contribution in [0, 0.1) is 0 Å². The van der Waals surface area contributed by atoms with Gasteiger partial charge in [-0.1, -0.05) is 60.7 Å². The summed E-state index contributed by atoms with van der Waals surface area (Å²) in [6.45, 7) is 2.49. The van der Waals surface area contributed by atoms with Gasteiger partial charge in [0.2, 0.25) is 0 Å².